The maximum Gasteiger partial charge on any atom is 0.237 e. The topological polar surface area (TPSA) is 91.1 Å². The first-order valence-corrected chi connectivity index (χ1v) is 8.20. The minimum Gasteiger partial charge on any atom is -0.354 e. The average molecular weight is 314 g/mol. The van der Waals surface area contributed by atoms with Crippen molar-refractivity contribution in [2.45, 2.75) is 37.8 Å². The second-order valence-electron chi connectivity index (χ2n) is 6.71. The van der Waals surface area contributed by atoms with Crippen LogP contribution in [0.5, 0.6) is 0 Å². The van der Waals surface area contributed by atoms with Crippen molar-refractivity contribution in [1.29, 1.82) is 0 Å². The van der Waals surface area contributed by atoms with Gasteiger partial charge in [-0.1, -0.05) is 0 Å². The summed E-state index contributed by atoms with van der Waals surface area (Å²) in [6.07, 6.45) is 6.62. The molecule has 2 aromatic rings. The summed E-state index contributed by atoms with van der Waals surface area (Å²) >= 11 is 0. The lowest BCUT2D eigenvalue weighted by Gasteiger charge is -2.61. The predicted molar refractivity (Wildman–Crippen MR) is 88.0 cm³/mol. The molecule has 2 fully saturated rings. The van der Waals surface area contributed by atoms with E-state index in [0.717, 1.165) is 49.2 Å². The first-order valence-electron chi connectivity index (χ1n) is 8.20. The minimum absolute atomic E-state index is 0.0556. The van der Waals surface area contributed by atoms with Crippen molar-refractivity contribution < 1.29 is 4.79 Å². The number of likely N-dealkylation sites (tertiary alicyclic amines) is 1. The third-order valence-corrected chi connectivity index (χ3v) is 5.26. The summed E-state index contributed by atoms with van der Waals surface area (Å²) < 4.78 is 0. The molecule has 2 saturated heterocycles. The number of nitrogens with two attached hydrogens (primary N) is 1. The Morgan fingerprint density at radius 2 is 2.39 bits per heavy atom. The van der Waals surface area contributed by atoms with Crippen LogP contribution in [0.4, 0.5) is 5.82 Å². The van der Waals surface area contributed by atoms with Gasteiger partial charge in [-0.2, -0.15) is 0 Å². The molecular weight excluding hydrogens is 292 g/mol. The van der Waals surface area contributed by atoms with Crippen LogP contribution in [0.2, 0.25) is 0 Å². The number of piperidine rings is 1. The normalized spacial score (nSPS) is 27.5. The van der Waals surface area contributed by atoms with Crippen LogP contribution in [0, 0.1) is 0 Å². The Kier molecular flexibility index (Phi) is 3.26. The van der Waals surface area contributed by atoms with Crippen molar-refractivity contribution in [2.75, 3.05) is 24.5 Å². The number of nitrogens with zero attached hydrogens (tertiary/aromatic N) is 4. The summed E-state index contributed by atoms with van der Waals surface area (Å²) in [4.78, 5) is 28.4. The maximum atomic E-state index is 12.2. The Morgan fingerprint density at radius 3 is 3.17 bits per heavy atom. The molecule has 2 aliphatic rings. The number of amides is 1. The van der Waals surface area contributed by atoms with Gasteiger partial charge >= 0.3 is 0 Å². The lowest BCUT2D eigenvalue weighted by Crippen LogP contribution is -2.73. The molecule has 3 N–H and O–H groups in total. The Hall–Kier alpha value is -2.15. The zero-order chi connectivity index (χ0) is 16.0. The predicted octanol–water partition coefficient (Wildman–Crippen LogP) is 0.876. The quantitative estimate of drug-likeness (QED) is 0.858. The Balaban J connectivity index is 1.65. The molecule has 122 valence electrons. The molecule has 7 nitrogen and oxygen atoms in total. The van der Waals surface area contributed by atoms with E-state index >= 15 is 0 Å². The van der Waals surface area contributed by atoms with Gasteiger partial charge in [0.2, 0.25) is 5.91 Å². The van der Waals surface area contributed by atoms with E-state index in [9.17, 15) is 4.79 Å². The van der Waals surface area contributed by atoms with Crippen LogP contribution < -0.4 is 10.6 Å². The number of aromatic amines is 1. The third-order valence-electron chi connectivity index (χ3n) is 5.26. The Morgan fingerprint density at radius 1 is 1.52 bits per heavy atom. The SMILES string of the molecule is CC1CC2(CCCN(c3ncnc4[nH]ccc34)C2)N1C(=O)CN. The highest BCUT2D eigenvalue weighted by atomic mass is 16.2. The van der Waals surface area contributed by atoms with Crippen molar-refractivity contribution in [1.82, 2.24) is 19.9 Å². The second kappa shape index (κ2) is 5.19. The number of hydrogen-bond acceptors (Lipinski definition) is 5. The lowest BCUT2D eigenvalue weighted by molar-refractivity contribution is -0.155. The van der Waals surface area contributed by atoms with Crippen LogP contribution in [0.15, 0.2) is 18.6 Å². The summed E-state index contributed by atoms with van der Waals surface area (Å²) in [6, 6.07) is 2.29. The van der Waals surface area contributed by atoms with Gasteiger partial charge in [0.05, 0.1) is 17.5 Å². The van der Waals surface area contributed by atoms with Crippen LogP contribution in [-0.2, 0) is 4.79 Å². The maximum absolute atomic E-state index is 12.2. The monoisotopic (exact) mass is 314 g/mol. The van der Waals surface area contributed by atoms with Crippen LogP contribution in [0.1, 0.15) is 26.2 Å². The van der Waals surface area contributed by atoms with E-state index in [0.29, 0.717) is 0 Å². The van der Waals surface area contributed by atoms with Gasteiger partial charge in [0.15, 0.2) is 0 Å². The molecule has 0 aromatic carbocycles. The molecule has 2 aromatic heterocycles. The highest BCUT2D eigenvalue weighted by Crippen LogP contribution is 2.44. The zero-order valence-electron chi connectivity index (χ0n) is 13.3. The van der Waals surface area contributed by atoms with E-state index in [-0.39, 0.29) is 24.0 Å². The van der Waals surface area contributed by atoms with Gasteiger partial charge < -0.3 is 20.5 Å². The van der Waals surface area contributed by atoms with Gasteiger partial charge in [0.25, 0.3) is 0 Å². The lowest BCUT2D eigenvalue weighted by atomic mass is 9.73. The summed E-state index contributed by atoms with van der Waals surface area (Å²) in [7, 11) is 0. The number of carbonyl (C=O) groups is 1. The summed E-state index contributed by atoms with van der Waals surface area (Å²) in [5.74, 6) is 1.01. The fourth-order valence-electron chi connectivity index (χ4n) is 4.47. The minimum atomic E-state index is -0.0816. The van der Waals surface area contributed by atoms with Crippen molar-refractivity contribution in [3.05, 3.63) is 18.6 Å². The second-order valence-corrected chi connectivity index (χ2v) is 6.71. The molecule has 1 amide bonds. The van der Waals surface area contributed by atoms with E-state index in [1.807, 2.05) is 17.2 Å². The third kappa shape index (κ3) is 2.10. The van der Waals surface area contributed by atoms with Gasteiger partial charge in [-0.15, -0.1) is 0 Å². The molecule has 2 aliphatic heterocycles. The molecule has 2 atom stereocenters. The number of carbonyl (C=O) groups excluding carboxylic acids is 1. The van der Waals surface area contributed by atoms with Crippen molar-refractivity contribution >= 4 is 22.8 Å². The molecule has 0 radical (unpaired) electrons. The van der Waals surface area contributed by atoms with E-state index in [4.69, 9.17) is 5.73 Å². The molecule has 4 rings (SSSR count). The van der Waals surface area contributed by atoms with Crippen LogP contribution in [0.3, 0.4) is 0 Å². The smallest absolute Gasteiger partial charge is 0.237 e. The van der Waals surface area contributed by atoms with Crippen LogP contribution in [0.25, 0.3) is 11.0 Å². The first kappa shape index (κ1) is 14.4. The Labute approximate surface area is 134 Å². The highest BCUT2D eigenvalue weighted by Gasteiger charge is 2.53. The van der Waals surface area contributed by atoms with Gasteiger partial charge in [-0.25, -0.2) is 9.97 Å². The number of aromatic nitrogens is 3. The summed E-state index contributed by atoms with van der Waals surface area (Å²) in [5, 5.41) is 1.04. The van der Waals surface area contributed by atoms with Crippen LogP contribution in [-0.4, -0.2) is 57.0 Å². The standard InChI is InChI=1S/C16H22N6O/c1-11-7-16(22(11)13(23)8-17)4-2-6-21(9-16)15-12-3-5-18-14(12)19-10-20-15/h3,5,10-11H,2,4,6-9,17H2,1H3,(H,18,19,20). The number of hydrogen-bond donors (Lipinski definition) is 2. The fraction of sp³-hybridized carbons (Fsp3) is 0.562. The number of fused-ring (bicyclic) bond motifs is 1. The molecule has 23 heavy (non-hydrogen) atoms. The zero-order valence-corrected chi connectivity index (χ0v) is 13.3. The van der Waals surface area contributed by atoms with Gasteiger partial charge in [0.1, 0.15) is 17.8 Å². The van der Waals surface area contributed by atoms with Gasteiger partial charge in [0, 0.05) is 25.3 Å². The molecule has 4 heterocycles. The molecule has 7 heteroatoms. The van der Waals surface area contributed by atoms with Crippen LogP contribution >= 0.6 is 0 Å². The average Bonchev–Trinajstić information content (AvgIpc) is 3.03. The molecule has 0 bridgehead atoms. The molecular formula is C16H22N6O. The summed E-state index contributed by atoms with van der Waals surface area (Å²) in [5.41, 5.74) is 6.38. The van der Waals surface area contributed by atoms with Crippen molar-refractivity contribution in [2.24, 2.45) is 5.73 Å². The number of nitrogens with one attached hydrogen (secondary N) is 1. The molecule has 2 unspecified atom stereocenters. The van der Waals surface area contributed by atoms with Gasteiger partial charge in [-0.05, 0) is 32.3 Å². The molecule has 0 aliphatic carbocycles. The van der Waals surface area contributed by atoms with Crippen molar-refractivity contribution in [3.63, 3.8) is 0 Å². The first-order chi connectivity index (χ1) is 11.1. The summed E-state index contributed by atoms with van der Waals surface area (Å²) in [6.45, 7) is 3.97. The Bertz CT molecular complexity index is 739. The van der Waals surface area contributed by atoms with Crippen molar-refractivity contribution in [3.8, 4) is 0 Å². The highest BCUT2D eigenvalue weighted by molar-refractivity contribution is 5.87. The number of rotatable bonds is 2. The van der Waals surface area contributed by atoms with E-state index in [1.54, 1.807) is 6.33 Å². The van der Waals surface area contributed by atoms with Gasteiger partial charge in [-0.3, -0.25) is 4.79 Å². The van der Waals surface area contributed by atoms with E-state index in [2.05, 4.69) is 26.8 Å². The molecule has 0 saturated carbocycles. The number of H-pyrrole nitrogens is 1. The molecule has 1 spiro atoms. The fourth-order valence-corrected chi connectivity index (χ4v) is 4.47. The van der Waals surface area contributed by atoms with E-state index < -0.39 is 0 Å². The number of anilines is 1. The largest absolute Gasteiger partial charge is 0.354 e. The van der Waals surface area contributed by atoms with E-state index in [1.165, 1.54) is 0 Å².